The highest BCUT2D eigenvalue weighted by Gasteiger charge is 2.26. The third-order valence-corrected chi connectivity index (χ3v) is 1.37. The van der Waals surface area contributed by atoms with Gasteiger partial charge in [0, 0.05) is 0 Å². The van der Waals surface area contributed by atoms with Crippen molar-refractivity contribution in [2.24, 2.45) is 5.41 Å². The Morgan fingerprint density at radius 1 is 1.27 bits per heavy atom. The van der Waals surface area contributed by atoms with Crippen LogP contribution in [0.5, 0.6) is 0 Å². The Bertz CT molecular complexity index is 159. The highest BCUT2D eigenvalue weighted by atomic mass is 16.3. The van der Waals surface area contributed by atoms with Crippen molar-refractivity contribution in [3.8, 4) is 6.07 Å². The number of nitrogens with zero attached hydrogens (tertiary/aromatic N) is 1. The second-order valence-corrected chi connectivity index (χ2v) is 4.57. The minimum Gasteiger partial charge on any atom is -0.389 e. The molecule has 64 valence electrons. The minimum absolute atomic E-state index is 0.0837. The largest absolute Gasteiger partial charge is 0.389 e. The van der Waals surface area contributed by atoms with Gasteiger partial charge in [-0.3, -0.25) is 0 Å². The fraction of sp³-hybridized carbons (Fsp3) is 0.889. The quantitative estimate of drug-likeness (QED) is 0.663. The molecule has 2 heteroatoms. The normalized spacial score (nSPS) is 17.1. The summed E-state index contributed by atoms with van der Waals surface area (Å²) in [5, 5.41) is 18.0. The maximum Gasteiger partial charge on any atom is 0.0754 e. The van der Waals surface area contributed by atoms with Gasteiger partial charge in [-0.05, 0) is 18.8 Å². The lowest BCUT2D eigenvalue weighted by Crippen LogP contribution is -2.29. The number of rotatable bonds is 2. The van der Waals surface area contributed by atoms with Gasteiger partial charge in [-0.1, -0.05) is 20.8 Å². The molecule has 0 aliphatic heterocycles. The first-order valence-corrected chi connectivity index (χ1v) is 3.86. The van der Waals surface area contributed by atoms with Crippen molar-refractivity contribution in [3.05, 3.63) is 0 Å². The van der Waals surface area contributed by atoms with Crippen LogP contribution in [0, 0.1) is 16.7 Å². The van der Waals surface area contributed by atoms with Gasteiger partial charge in [-0.25, -0.2) is 0 Å². The van der Waals surface area contributed by atoms with Gasteiger partial charge in [0.2, 0.25) is 0 Å². The Kier molecular flexibility index (Phi) is 3.07. The van der Waals surface area contributed by atoms with Gasteiger partial charge in [-0.2, -0.15) is 5.26 Å². The molecular formula is C9H17NO. The van der Waals surface area contributed by atoms with Gasteiger partial charge in [-0.15, -0.1) is 0 Å². The second-order valence-electron chi connectivity index (χ2n) is 4.57. The minimum atomic E-state index is -0.826. The average Bonchev–Trinajstić information content (AvgIpc) is 1.55. The molecule has 0 spiro atoms. The molecule has 2 nitrogen and oxygen atoms in total. The first-order chi connectivity index (χ1) is 4.77. The second kappa shape index (κ2) is 3.23. The molecule has 11 heavy (non-hydrogen) atoms. The van der Waals surface area contributed by atoms with E-state index < -0.39 is 5.60 Å². The monoisotopic (exact) mass is 155 g/mol. The van der Waals surface area contributed by atoms with E-state index in [0.29, 0.717) is 6.42 Å². The molecule has 0 bridgehead atoms. The summed E-state index contributed by atoms with van der Waals surface area (Å²) >= 11 is 0. The zero-order chi connectivity index (χ0) is 9.12. The van der Waals surface area contributed by atoms with Gasteiger partial charge in [0.15, 0.2) is 0 Å². The summed E-state index contributed by atoms with van der Waals surface area (Å²) in [6, 6.07) is 1.98. The summed E-state index contributed by atoms with van der Waals surface area (Å²) in [6.45, 7) is 7.87. The third-order valence-electron chi connectivity index (χ3n) is 1.37. The predicted octanol–water partition coefficient (Wildman–Crippen LogP) is 2.09. The fourth-order valence-electron chi connectivity index (χ4n) is 1.38. The molecule has 0 amide bonds. The van der Waals surface area contributed by atoms with E-state index in [1.807, 2.05) is 6.07 Å². The summed E-state index contributed by atoms with van der Waals surface area (Å²) in [4.78, 5) is 0. The van der Waals surface area contributed by atoms with Crippen molar-refractivity contribution in [2.75, 3.05) is 0 Å². The molecule has 1 unspecified atom stereocenters. The Balaban J connectivity index is 4.04. The van der Waals surface area contributed by atoms with E-state index in [2.05, 4.69) is 20.8 Å². The van der Waals surface area contributed by atoms with E-state index in [1.165, 1.54) is 0 Å². The zero-order valence-electron chi connectivity index (χ0n) is 7.81. The molecule has 0 saturated carbocycles. The standard InChI is InChI=1S/C9H17NO/c1-8(2,3)7-9(4,11)5-6-10/h11H,5,7H2,1-4H3. The van der Waals surface area contributed by atoms with Crippen LogP contribution >= 0.6 is 0 Å². The van der Waals surface area contributed by atoms with Crippen molar-refractivity contribution in [3.63, 3.8) is 0 Å². The molecule has 0 aliphatic rings. The van der Waals surface area contributed by atoms with Crippen LogP contribution in [-0.2, 0) is 0 Å². The fourth-order valence-corrected chi connectivity index (χ4v) is 1.38. The topological polar surface area (TPSA) is 44.0 Å². The van der Waals surface area contributed by atoms with Crippen molar-refractivity contribution in [1.29, 1.82) is 5.26 Å². The van der Waals surface area contributed by atoms with E-state index in [0.717, 1.165) is 0 Å². The molecule has 0 fully saturated rings. The molecule has 0 aromatic heterocycles. The highest BCUT2D eigenvalue weighted by molar-refractivity contribution is 4.88. The van der Waals surface area contributed by atoms with Crippen LogP contribution in [0.15, 0.2) is 0 Å². The van der Waals surface area contributed by atoms with Crippen LogP contribution in [0.4, 0.5) is 0 Å². The molecular weight excluding hydrogens is 138 g/mol. The van der Waals surface area contributed by atoms with Gasteiger partial charge >= 0.3 is 0 Å². The Morgan fingerprint density at radius 3 is 2.00 bits per heavy atom. The lowest BCUT2D eigenvalue weighted by atomic mass is 9.81. The van der Waals surface area contributed by atoms with Crippen molar-refractivity contribution in [2.45, 2.75) is 46.1 Å². The van der Waals surface area contributed by atoms with E-state index >= 15 is 0 Å². The SMILES string of the molecule is CC(C)(C)CC(C)(O)CC#N. The van der Waals surface area contributed by atoms with E-state index in [4.69, 9.17) is 5.26 Å². The van der Waals surface area contributed by atoms with Crippen LogP contribution in [-0.4, -0.2) is 10.7 Å². The Hall–Kier alpha value is -0.550. The summed E-state index contributed by atoms with van der Waals surface area (Å²) in [5.41, 5.74) is -0.743. The van der Waals surface area contributed by atoms with Crippen molar-refractivity contribution in [1.82, 2.24) is 0 Å². The maximum absolute atomic E-state index is 9.63. The van der Waals surface area contributed by atoms with Crippen LogP contribution in [0.3, 0.4) is 0 Å². The first kappa shape index (κ1) is 10.4. The number of hydrogen-bond donors (Lipinski definition) is 1. The van der Waals surface area contributed by atoms with Gasteiger partial charge in [0.25, 0.3) is 0 Å². The molecule has 0 radical (unpaired) electrons. The average molecular weight is 155 g/mol. The van der Waals surface area contributed by atoms with E-state index in [-0.39, 0.29) is 11.8 Å². The van der Waals surface area contributed by atoms with E-state index in [9.17, 15) is 5.11 Å². The van der Waals surface area contributed by atoms with Crippen LogP contribution in [0.25, 0.3) is 0 Å². The number of aliphatic hydroxyl groups is 1. The van der Waals surface area contributed by atoms with E-state index in [1.54, 1.807) is 6.92 Å². The molecule has 0 rings (SSSR count). The molecule has 1 N–H and O–H groups in total. The zero-order valence-corrected chi connectivity index (χ0v) is 7.81. The molecule has 0 saturated heterocycles. The predicted molar refractivity (Wildman–Crippen MR) is 44.9 cm³/mol. The van der Waals surface area contributed by atoms with Crippen LogP contribution in [0.2, 0.25) is 0 Å². The maximum atomic E-state index is 9.63. The summed E-state index contributed by atoms with van der Waals surface area (Å²) in [7, 11) is 0. The van der Waals surface area contributed by atoms with Gasteiger partial charge in [0.05, 0.1) is 18.1 Å². The van der Waals surface area contributed by atoms with Gasteiger partial charge in [0.1, 0.15) is 0 Å². The number of nitriles is 1. The smallest absolute Gasteiger partial charge is 0.0754 e. The molecule has 0 aromatic carbocycles. The molecule has 0 aromatic rings. The van der Waals surface area contributed by atoms with Gasteiger partial charge < -0.3 is 5.11 Å². The molecule has 1 atom stereocenters. The summed E-state index contributed by atoms with van der Waals surface area (Å²) in [6.07, 6.45) is 0.873. The lowest BCUT2D eigenvalue weighted by molar-refractivity contribution is 0.0235. The van der Waals surface area contributed by atoms with Crippen LogP contribution in [0.1, 0.15) is 40.5 Å². The first-order valence-electron chi connectivity index (χ1n) is 3.86. The Morgan fingerprint density at radius 2 is 1.73 bits per heavy atom. The summed E-state index contributed by atoms with van der Waals surface area (Å²) in [5.74, 6) is 0. The third kappa shape index (κ3) is 5.87. The van der Waals surface area contributed by atoms with Crippen LogP contribution < -0.4 is 0 Å². The Labute approximate surface area is 68.8 Å². The summed E-state index contributed by atoms with van der Waals surface area (Å²) < 4.78 is 0. The van der Waals surface area contributed by atoms with Crippen molar-refractivity contribution >= 4 is 0 Å². The highest BCUT2D eigenvalue weighted by Crippen LogP contribution is 2.28. The lowest BCUT2D eigenvalue weighted by Gasteiger charge is -2.28. The molecule has 0 heterocycles. The van der Waals surface area contributed by atoms with Crippen molar-refractivity contribution < 1.29 is 5.11 Å². The molecule has 0 aliphatic carbocycles. The number of hydrogen-bond acceptors (Lipinski definition) is 2.